The van der Waals surface area contributed by atoms with Gasteiger partial charge in [0.1, 0.15) is 6.54 Å². The average molecular weight is 382 g/mol. The highest BCUT2D eigenvalue weighted by Gasteiger charge is 2.48. The standard InChI is InChI=1S/C21H22N2O5/c1-12-19(15-8-4-5-9-16(15)22-12)17(24)11-28-18(25)10-23-20(26)13-6-2-3-7-14(13)21(23)27/h4-5,8-9,13-14,22H,2-3,6-7,10-11H2,1H3/t13-,14-/m0/s1. The normalized spacial score (nSPS) is 21.8. The Hall–Kier alpha value is -2.96. The summed E-state index contributed by atoms with van der Waals surface area (Å²) >= 11 is 0. The number of esters is 1. The van der Waals surface area contributed by atoms with Gasteiger partial charge in [0.25, 0.3) is 0 Å². The Morgan fingerprint density at radius 2 is 1.75 bits per heavy atom. The first-order chi connectivity index (χ1) is 13.5. The highest BCUT2D eigenvalue weighted by atomic mass is 16.5. The zero-order chi connectivity index (χ0) is 19.8. The highest BCUT2D eigenvalue weighted by Crippen LogP contribution is 2.37. The Balaban J connectivity index is 1.39. The van der Waals surface area contributed by atoms with Crippen LogP contribution in [-0.2, 0) is 19.1 Å². The van der Waals surface area contributed by atoms with Gasteiger partial charge in [0, 0.05) is 22.2 Å². The molecule has 1 saturated heterocycles. The molecule has 7 nitrogen and oxygen atoms in total. The SMILES string of the molecule is Cc1[nH]c2ccccc2c1C(=O)COC(=O)CN1C(=O)[C@H]2CCCC[C@@H]2C1=O. The Bertz CT molecular complexity index is 952. The maximum Gasteiger partial charge on any atom is 0.326 e. The summed E-state index contributed by atoms with van der Waals surface area (Å²) in [5, 5.41) is 0.773. The van der Waals surface area contributed by atoms with Gasteiger partial charge < -0.3 is 9.72 Å². The van der Waals surface area contributed by atoms with Crippen molar-refractivity contribution in [3.8, 4) is 0 Å². The molecular formula is C21H22N2O5. The second-order valence-corrected chi connectivity index (χ2v) is 7.51. The van der Waals surface area contributed by atoms with Gasteiger partial charge in [-0.25, -0.2) is 0 Å². The predicted molar refractivity (Wildman–Crippen MR) is 100 cm³/mol. The van der Waals surface area contributed by atoms with Crippen molar-refractivity contribution in [3.63, 3.8) is 0 Å². The number of aromatic nitrogens is 1. The zero-order valence-electron chi connectivity index (χ0n) is 15.7. The molecule has 2 fully saturated rings. The van der Waals surface area contributed by atoms with Crippen molar-refractivity contribution in [1.29, 1.82) is 0 Å². The minimum atomic E-state index is -0.744. The molecule has 1 aliphatic carbocycles. The second kappa shape index (κ2) is 7.22. The molecule has 2 amide bonds. The number of likely N-dealkylation sites (tertiary alicyclic amines) is 1. The number of hydrogen-bond acceptors (Lipinski definition) is 5. The molecule has 0 radical (unpaired) electrons. The number of amides is 2. The first-order valence-electron chi connectivity index (χ1n) is 9.58. The molecule has 7 heteroatoms. The molecule has 1 aromatic heterocycles. The number of ether oxygens (including phenoxy) is 1. The molecule has 2 aromatic rings. The number of nitrogens with one attached hydrogen (secondary N) is 1. The van der Waals surface area contributed by atoms with Gasteiger partial charge in [0.2, 0.25) is 17.6 Å². The zero-order valence-corrected chi connectivity index (χ0v) is 15.7. The maximum atomic E-state index is 12.6. The summed E-state index contributed by atoms with van der Waals surface area (Å²) in [7, 11) is 0. The van der Waals surface area contributed by atoms with Gasteiger partial charge in [-0.3, -0.25) is 24.1 Å². The summed E-state index contributed by atoms with van der Waals surface area (Å²) < 4.78 is 5.10. The number of para-hydroxylation sites is 1. The number of aromatic amines is 1. The van der Waals surface area contributed by atoms with Gasteiger partial charge >= 0.3 is 5.97 Å². The lowest BCUT2D eigenvalue weighted by atomic mass is 9.81. The molecule has 146 valence electrons. The fourth-order valence-electron chi connectivity index (χ4n) is 4.42. The summed E-state index contributed by atoms with van der Waals surface area (Å²) in [6.45, 7) is 0.938. The number of rotatable bonds is 5. The van der Waals surface area contributed by atoms with Gasteiger partial charge in [-0.1, -0.05) is 31.0 Å². The lowest BCUT2D eigenvalue weighted by Gasteiger charge is -2.19. The van der Waals surface area contributed by atoms with E-state index in [9.17, 15) is 19.2 Å². The number of benzene rings is 1. The van der Waals surface area contributed by atoms with Crippen LogP contribution in [-0.4, -0.2) is 46.6 Å². The molecule has 2 heterocycles. The number of ketones is 1. The van der Waals surface area contributed by atoms with E-state index in [0.29, 0.717) is 24.1 Å². The fourth-order valence-corrected chi connectivity index (χ4v) is 4.42. The molecule has 1 N–H and O–H groups in total. The maximum absolute atomic E-state index is 12.6. The molecule has 1 aliphatic heterocycles. The van der Waals surface area contributed by atoms with Crippen molar-refractivity contribution in [3.05, 3.63) is 35.5 Å². The second-order valence-electron chi connectivity index (χ2n) is 7.51. The summed E-state index contributed by atoms with van der Waals surface area (Å²) in [4.78, 5) is 53.8. The Kier molecular flexibility index (Phi) is 4.75. The molecule has 1 saturated carbocycles. The molecular weight excluding hydrogens is 360 g/mol. The van der Waals surface area contributed by atoms with Crippen molar-refractivity contribution < 1.29 is 23.9 Å². The van der Waals surface area contributed by atoms with Crippen LogP contribution in [0.25, 0.3) is 10.9 Å². The molecule has 2 aliphatic rings. The van der Waals surface area contributed by atoms with E-state index in [1.54, 1.807) is 6.92 Å². The van der Waals surface area contributed by atoms with Crippen LogP contribution in [0.5, 0.6) is 0 Å². The molecule has 1 aromatic carbocycles. The Labute approximate surface area is 162 Å². The molecule has 28 heavy (non-hydrogen) atoms. The third-order valence-corrected chi connectivity index (χ3v) is 5.76. The van der Waals surface area contributed by atoms with E-state index in [4.69, 9.17) is 4.74 Å². The van der Waals surface area contributed by atoms with Gasteiger partial charge in [-0.2, -0.15) is 0 Å². The summed E-state index contributed by atoms with van der Waals surface area (Å²) in [5.41, 5.74) is 2.03. The van der Waals surface area contributed by atoms with Crippen molar-refractivity contribution in [2.75, 3.05) is 13.2 Å². The largest absolute Gasteiger partial charge is 0.456 e. The average Bonchev–Trinajstić information content (AvgIpc) is 3.15. The monoisotopic (exact) mass is 382 g/mol. The third-order valence-electron chi connectivity index (χ3n) is 5.76. The van der Waals surface area contributed by atoms with Crippen LogP contribution in [0.4, 0.5) is 0 Å². The highest BCUT2D eigenvalue weighted by molar-refractivity contribution is 6.10. The van der Waals surface area contributed by atoms with Crippen LogP contribution in [0.15, 0.2) is 24.3 Å². The summed E-state index contributed by atoms with van der Waals surface area (Å²) in [6.07, 6.45) is 3.24. The molecule has 0 bridgehead atoms. The van der Waals surface area contributed by atoms with Crippen LogP contribution >= 0.6 is 0 Å². The topological polar surface area (TPSA) is 96.5 Å². The van der Waals surface area contributed by atoms with Crippen LogP contribution in [0.3, 0.4) is 0 Å². The smallest absolute Gasteiger partial charge is 0.326 e. The first kappa shape index (κ1) is 18.4. The van der Waals surface area contributed by atoms with Gasteiger partial charge in [0.05, 0.1) is 11.8 Å². The number of nitrogens with zero attached hydrogens (tertiary/aromatic N) is 1. The quantitative estimate of drug-likeness (QED) is 0.487. The van der Waals surface area contributed by atoms with Crippen molar-refractivity contribution in [1.82, 2.24) is 9.88 Å². The number of imide groups is 1. The minimum absolute atomic E-state index is 0.287. The van der Waals surface area contributed by atoms with Crippen molar-refractivity contribution in [2.24, 2.45) is 11.8 Å². The van der Waals surface area contributed by atoms with E-state index in [2.05, 4.69) is 4.98 Å². The number of carbonyl (C=O) groups excluding carboxylic acids is 4. The number of Topliss-reactive ketones (excluding diaryl/α,β-unsaturated/α-hetero) is 1. The van der Waals surface area contributed by atoms with Gasteiger partial charge in [-0.15, -0.1) is 0 Å². The fraction of sp³-hybridized carbons (Fsp3) is 0.429. The number of aryl methyl sites for hydroxylation is 1. The number of hydrogen-bond donors (Lipinski definition) is 1. The van der Waals surface area contributed by atoms with Crippen molar-refractivity contribution in [2.45, 2.75) is 32.6 Å². The van der Waals surface area contributed by atoms with Gasteiger partial charge in [0.15, 0.2) is 6.61 Å². The van der Waals surface area contributed by atoms with E-state index in [1.165, 1.54) is 0 Å². The number of carbonyl (C=O) groups is 4. The van der Waals surface area contributed by atoms with E-state index in [1.807, 2.05) is 24.3 Å². The molecule has 0 unspecified atom stereocenters. The van der Waals surface area contributed by atoms with E-state index < -0.39 is 19.1 Å². The number of fused-ring (bicyclic) bond motifs is 2. The Morgan fingerprint density at radius 1 is 1.11 bits per heavy atom. The molecule has 0 spiro atoms. The van der Waals surface area contributed by atoms with E-state index >= 15 is 0 Å². The predicted octanol–water partition coefficient (Wildman–Crippen LogP) is 2.38. The van der Waals surface area contributed by atoms with Crippen LogP contribution in [0, 0.1) is 18.8 Å². The summed E-state index contributed by atoms with van der Waals surface area (Å²) in [5.74, 6) is -2.24. The minimum Gasteiger partial charge on any atom is -0.456 e. The molecule has 4 rings (SSSR count). The van der Waals surface area contributed by atoms with Gasteiger partial charge in [-0.05, 0) is 25.8 Å². The first-order valence-corrected chi connectivity index (χ1v) is 9.58. The van der Waals surface area contributed by atoms with Crippen LogP contribution < -0.4 is 0 Å². The third kappa shape index (κ3) is 3.10. The Morgan fingerprint density at radius 3 is 2.43 bits per heavy atom. The van der Waals surface area contributed by atoms with E-state index in [0.717, 1.165) is 28.6 Å². The van der Waals surface area contributed by atoms with Crippen molar-refractivity contribution >= 4 is 34.5 Å². The van der Waals surface area contributed by atoms with Crippen LogP contribution in [0.2, 0.25) is 0 Å². The van der Waals surface area contributed by atoms with E-state index in [-0.39, 0.29) is 29.4 Å². The lowest BCUT2D eigenvalue weighted by Crippen LogP contribution is -2.37. The molecule has 2 atom stereocenters. The van der Waals surface area contributed by atoms with Crippen LogP contribution in [0.1, 0.15) is 41.7 Å². The summed E-state index contributed by atoms with van der Waals surface area (Å²) in [6, 6.07) is 7.41. The number of H-pyrrole nitrogens is 1. The lowest BCUT2D eigenvalue weighted by molar-refractivity contribution is -0.152.